The first-order valence-corrected chi connectivity index (χ1v) is 10.5. The molecule has 0 saturated carbocycles. The van der Waals surface area contributed by atoms with Crippen LogP contribution < -0.4 is 4.43 Å². The molecule has 0 spiro atoms. The van der Waals surface area contributed by atoms with E-state index in [4.69, 9.17) is 4.43 Å². The van der Waals surface area contributed by atoms with Gasteiger partial charge in [-0.2, -0.15) is 0 Å². The second kappa shape index (κ2) is 5.79. The molecule has 4 heteroatoms. The summed E-state index contributed by atoms with van der Waals surface area (Å²) in [6.45, 7) is 12.7. The van der Waals surface area contributed by atoms with Gasteiger partial charge in [0.1, 0.15) is 5.75 Å². The van der Waals surface area contributed by atoms with Crippen molar-refractivity contribution in [3.8, 4) is 5.75 Å². The highest BCUT2D eigenvalue weighted by Crippen LogP contribution is 2.37. The smallest absolute Gasteiger partial charge is 0.250 e. The van der Waals surface area contributed by atoms with Crippen LogP contribution in [0.3, 0.4) is 0 Å². The van der Waals surface area contributed by atoms with E-state index in [1.54, 1.807) is 6.92 Å². The summed E-state index contributed by atoms with van der Waals surface area (Å²) in [6.07, 6.45) is 0. The summed E-state index contributed by atoms with van der Waals surface area (Å²) in [4.78, 5) is 11.5. The average molecular weight is 343 g/mol. The molecule has 1 aromatic rings. The molecular weight excluding hydrogens is 320 g/mol. The van der Waals surface area contributed by atoms with Gasteiger partial charge in [0.25, 0.3) is 0 Å². The molecule has 0 heterocycles. The van der Waals surface area contributed by atoms with E-state index >= 15 is 0 Å². The molecule has 0 saturated heterocycles. The van der Waals surface area contributed by atoms with Crippen molar-refractivity contribution in [3.05, 3.63) is 29.3 Å². The fourth-order valence-electron chi connectivity index (χ4n) is 1.54. The molecule has 0 amide bonds. The summed E-state index contributed by atoms with van der Waals surface area (Å²) < 4.78 is 6.25. The maximum Gasteiger partial charge on any atom is 0.250 e. The van der Waals surface area contributed by atoms with Crippen LogP contribution in [-0.2, 0) is 5.33 Å². The highest BCUT2D eigenvalue weighted by molar-refractivity contribution is 9.08. The molecule has 2 nitrogen and oxygen atoms in total. The fraction of sp³-hybridized carbons (Fsp3) is 0.533. The van der Waals surface area contributed by atoms with E-state index in [1.165, 1.54) is 0 Å². The Hall–Kier alpha value is -0.613. The Kier molecular flexibility index (Phi) is 5.01. The van der Waals surface area contributed by atoms with Crippen LogP contribution in [0.25, 0.3) is 0 Å². The summed E-state index contributed by atoms with van der Waals surface area (Å²) in [6, 6.07) is 5.75. The largest absolute Gasteiger partial charge is 0.543 e. The van der Waals surface area contributed by atoms with Gasteiger partial charge in [-0.1, -0.05) is 36.7 Å². The van der Waals surface area contributed by atoms with Crippen molar-refractivity contribution in [2.45, 2.75) is 51.2 Å². The van der Waals surface area contributed by atoms with Crippen LogP contribution >= 0.6 is 15.9 Å². The lowest BCUT2D eigenvalue weighted by molar-refractivity contribution is 0.101. The number of benzene rings is 1. The Labute approximate surface area is 125 Å². The molecule has 0 aliphatic carbocycles. The summed E-state index contributed by atoms with van der Waals surface area (Å²) in [5.74, 6) is 0.958. The van der Waals surface area contributed by atoms with Crippen LogP contribution in [0, 0.1) is 0 Å². The van der Waals surface area contributed by atoms with Crippen LogP contribution in [0.4, 0.5) is 0 Å². The Morgan fingerprint density at radius 3 is 2.32 bits per heavy atom. The molecule has 0 N–H and O–H groups in total. The fourth-order valence-corrected chi connectivity index (χ4v) is 3.02. The van der Waals surface area contributed by atoms with Gasteiger partial charge in [0.15, 0.2) is 5.78 Å². The topological polar surface area (TPSA) is 26.3 Å². The summed E-state index contributed by atoms with van der Waals surface area (Å²) in [5.41, 5.74) is 1.75. The van der Waals surface area contributed by atoms with Crippen LogP contribution in [-0.4, -0.2) is 14.1 Å². The van der Waals surface area contributed by atoms with Gasteiger partial charge >= 0.3 is 0 Å². The minimum Gasteiger partial charge on any atom is -0.543 e. The lowest BCUT2D eigenvalue weighted by Crippen LogP contribution is -2.43. The first-order valence-electron chi connectivity index (χ1n) is 6.47. The van der Waals surface area contributed by atoms with E-state index in [9.17, 15) is 4.79 Å². The van der Waals surface area contributed by atoms with Gasteiger partial charge in [-0.05, 0) is 48.8 Å². The predicted molar refractivity (Wildman–Crippen MR) is 86.9 cm³/mol. The third-order valence-electron chi connectivity index (χ3n) is 3.78. The molecule has 0 fully saturated rings. The average Bonchev–Trinajstić information content (AvgIpc) is 2.26. The first-order chi connectivity index (χ1) is 8.58. The summed E-state index contributed by atoms with van der Waals surface area (Å²) >= 11 is 3.43. The first kappa shape index (κ1) is 16.4. The quantitative estimate of drug-likeness (QED) is 0.428. The normalized spacial score (nSPS) is 12.4. The Morgan fingerprint density at radius 1 is 1.32 bits per heavy atom. The van der Waals surface area contributed by atoms with Gasteiger partial charge in [-0.3, -0.25) is 4.79 Å². The number of hydrogen-bond donors (Lipinski definition) is 0. The van der Waals surface area contributed by atoms with E-state index in [0.29, 0.717) is 5.33 Å². The zero-order chi connectivity index (χ0) is 14.8. The van der Waals surface area contributed by atoms with E-state index in [-0.39, 0.29) is 10.8 Å². The third-order valence-corrected chi connectivity index (χ3v) is 8.74. The number of carbonyl (C=O) groups excluding carboxylic acids is 1. The number of alkyl halides is 1. The molecule has 0 aliphatic heterocycles. The standard InChI is InChI=1S/C15H23BrO2Si/c1-11(17)14-8-7-13(9-12(14)10-16)18-19(5,6)15(2,3)4/h7-9H,10H2,1-6H3. The van der Waals surface area contributed by atoms with Crippen molar-refractivity contribution in [1.82, 2.24) is 0 Å². The Morgan fingerprint density at radius 2 is 1.89 bits per heavy atom. The maximum absolute atomic E-state index is 11.5. The zero-order valence-corrected chi connectivity index (χ0v) is 15.2. The Bertz CT molecular complexity index is 476. The van der Waals surface area contributed by atoms with Gasteiger partial charge < -0.3 is 4.43 Å². The van der Waals surface area contributed by atoms with Crippen LogP contribution in [0.15, 0.2) is 18.2 Å². The zero-order valence-electron chi connectivity index (χ0n) is 12.6. The molecule has 1 rings (SSSR count). The SMILES string of the molecule is CC(=O)c1ccc(O[Si](C)(C)C(C)(C)C)cc1CBr. The number of Topliss-reactive ketones (excluding diaryl/α,β-unsaturated/α-hetero) is 1. The van der Waals surface area contributed by atoms with E-state index < -0.39 is 8.32 Å². The monoisotopic (exact) mass is 342 g/mol. The second-order valence-corrected chi connectivity index (χ2v) is 11.7. The summed E-state index contributed by atoms with van der Waals surface area (Å²) in [5, 5.41) is 0.831. The van der Waals surface area contributed by atoms with Crippen LogP contribution in [0.1, 0.15) is 43.6 Å². The predicted octanol–water partition coefficient (Wildman–Crippen LogP) is 5.17. The molecule has 1 aromatic carbocycles. The van der Waals surface area contributed by atoms with Crippen LogP contribution in [0.5, 0.6) is 5.75 Å². The van der Waals surface area contributed by atoms with Gasteiger partial charge in [0, 0.05) is 10.9 Å². The van der Waals surface area contributed by atoms with E-state index in [2.05, 4.69) is 49.8 Å². The van der Waals surface area contributed by atoms with Crippen molar-refractivity contribution in [2.24, 2.45) is 0 Å². The number of halogens is 1. The highest BCUT2D eigenvalue weighted by Gasteiger charge is 2.39. The number of hydrogen-bond acceptors (Lipinski definition) is 2. The number of rotatable bonds is 4. The molecule has 0 bridgehead atoms. The maximum atomic E-state index is 11.5. The van der Waals surface area contributed by atoms with Crippen molar-refractivity contribution in [3.63, 3.8) is 0 Å². The Balaban J connectivity index is 3.08. The lowest BCUT2D eigenvalue weighted by atomic mass is 10.1. The molecule has 19 heavy (non-hydrogen) atoms. The van der Waals surface area contributed by atoms with Crippen molar-refractivity contribution in [1.29, 1.82) is 0 Å². The molecule has 106 valence electrons. The molecule has 0 aliphatic rings. The number of carbonyl (C=O) groups is 1. The highest BCUT2D eigenvalue weighted by atomic mass is 79.9. The number of ketones is 1. The molecule has 0 aromatic heterocycles. The lowest BCUT2D eigenvalue weighted by Gasteiger charge is -2.36. The van der Waals surface area contributed by atoms with Gasteiger partial charge in [0.2, 0.25) is 8.32 Å². The molecule has 0 unspecified atom stereocenters. The minimum atomic E-state index is -1.83. The molecule has 0 radical (unpaired) electrons. The van der Waals surface area contributed by atoms with E-state index in [1.807, 2.05) is 18.2 Å². The van der Waals surface area contributed by atoms with Gasteiger partial charge in [-0.25, -0.2) is 0 Å². The summed E-state index contributed by atoms with van der Waals surface area (Å²) in [7, 11) is -1.83. The second-order valence-electron chi connectivity index (χ2n) is 6.37. The minimum absolute atomic E-state index is 0.0910. The molecule has 0 atom stereocenters. The van der Waals surface area contributed by atoms with Gasteiger partial charge in [-0.15, -0.1) is 0 Å². The van der Waals surface area contributed by atoms with Crippen molar-refractivity contribution >= 4 is 30.0 Å². The third kappa shape index (κ3) is 3.92. The molecular formula is C15H23BrO2Si. The van der Waals surface area contributed by atoms with Gasteiger partial charge in [0.05, 0.1) is 0 Å². The van der Waals surface area contributed by atoms with Crippen molar-refractivity contribution < 1.29 is 9.22 Å². The van der Waals surface area contributed by atoms with Crippen molar-refractivity contribution in [2.75, 3.05) is 0 Å². The van der Waals surface area contributed by atoms with E-state index in [0.717, 1.165) is 16.9 Å². The van der Waals surface area contributed by atoms with Crippen LogP contribution in [0.2, 0.25) is 18.1 Å².